The Morgan fingerprint density at radius 2 is 1.89 bits per heavy atom. The highest BCUT2D eigenvalue weighted by atomic mass is 32.1. The lowest BCUT2D eigenvalue weighted by molar-refractivity contribution is 0.0702. The minimum absolute atomic E-state index is 0.155. The molecule has 0 aromatic carbocycles. The minimum Gasteiger partial charge on any atom is -0.477 e. The van der Waals surface area contributed by atoms with Crippen molar-refractivity contribution in [2.45, 2.75) is 32.1 Å². The maximum atomic E-state index is 11.8. The third kappa shape index (κ3) is 3.32. The number of aromatic carboxylic acids is 1. The summed E-state index contributed by atoms with van der Waals surface area (Å²) in [6.45, 7) is 0.707. The fourth-order valence-corrected chi connectivity index (χ4v) is 3.05. The van der Waals surface area contributed by atoms with E-state index in [1.165, 1.54) is 38.2 Å². The van der Waals surface area contributed by atoms with Gasteiger partial charge in [0.15, 0.2) is 0 Å². The average molecular weight is 267 g/mol. The molecule has 0 bridgehead atoms. The summed E-state index contributed by atoms with van der Waals surface area (Å²) in [5, 5.41) is 11.7. The van der Waals surface area contributed by atoms with Crippen LogP contribution in [0.3, 0.4) is 0 Å². The molecule has 1 aliphatic carbocycles. The Labute approximate surface area is 110 Å². The zero-order valence-electron chi connectivity index (χ0n) is 10.1. The molecule has 1 saturated carbocycles. The van der Waals surface area contributed by atoms with E-state index in [2.05, 4.69) is 5.32 Å². The summed E-state index contributed by atoms with van der Waals surface area (Å²) in [4.78, 5) is 23.2. The number of hydrogen-bond donors (Lipinski definition) is 2. The first-order valence-electron chi connectivity index (χ1n) is 6.28. The second-order valence-electron chi connectivity index (χ2n) is 4.68. The largest absolute Gasteiger partial charge is 0.477 e. The van der Waals surface area contributed by atoms with Gasteiger partial charge in [-0.25, -0.2) is 4.79 Å². The van der Waals surface area contributed by atoms with Crippen molar-refractivity contribution in [2.24, 2.45) is 5.92 Å². The van der Waals surface area contributed by atoms with E-state index in [-0.39, 0.29) is 10.8 Å². The standard InChI is InChI=1S/C13H17NO3S/c15-12(10-6-7-11(18-10)13(16)17)14-8-9-4-2-1-3-5-9/h6-7,9H,1-5,8H2,(H,14,15)(H,16,17). The summed E-state index contributed by atoms with van der Waals surface area (Å²) >= 11 is 1.02. The topological polar surface area (TPSA) is 66.4 Å². The van der Waals surface area contributed by atoms with Crippen molar-refractivity contribution in [1.82, 2.24) is 5.32 Å². The van der Waals surface area contributed by atoms with Crippen LogP contribution in [0.4, 0.5) is 0 Å². The van der Waals surface area contributed by atoms with Gasteiger partial charge in [0.1, 0.15) is 4.88 Å². The number of rotatable bonds is 4. The molecule has 1 aromatic rings. The van der Waals surface area contributed by atoms with Gasteiger partial charge < -0.3 is 10.4 Å². The zero-order valence-corrected chi connectivity index (χ0v) is 11.0. The maximum Gasteiger partial charge on any atom is 0.345 e. The molecule has 1 aromatic heterocycles. The predicted octanol–water partition coefficient (Wildman–Crippen LogP) is 2.76. The molecule has 0 saturated heterocycles. The summed E-state index contributed by atoms with van der Waals surface area (Å²) in [5.41, 5.74) is 0. The second-order valence-corrected chi connectivity index (χ2v) is 5.77. The van der Waals surface area contributed by atoms with Crippen LogP contribution in [0.5, 0.6) is 0 Å². The van der Waals surface area contributed by atoms with Gasteiger partial charge in [-0.2, -0.15) is 0 Å². The van der Waals surface area contributed by atoms with Crippen LogP contribution in [0.25, 0.3) is 0 Å². The third-order valence-electron chi connectivity index (χ3n) is 3.32. The van der Waals surface area contributed by atoms with E-state index in [9.17, 15) is 9.59 Å². The van der Waals surface area contributed by atoms with E-state index < -0.39 is 5.97 Å². The molecule has 0 radical (unpaired) electrons. The summed E-state index contributed by atoms with van der Waals surface area (Å²) in [6.07, 6.45) is 6.18. The molecule has 0 spiro atoms. The Morgan fingerprint density at radius 3 is 2.50 bits per heavy atom. The minimum atomic E-state index is -0.980. The lowest BCUT2D eigenvalue weighted by Crippen LogP contribution is -2.29. The van der Waals surface area contributed by atoms with Gasteiger partial charge in [0.2, 0.25) is 0 Å². The molecular formula is C13H17NO3S. The van der Waals surface area contributed by atoms with E-state index in [1.54, 1.807) is 6.07 Å². The van der Waals surface area contributed by atoms with Crippen molar-refractivity contribution in [1.29, 1.82) is 0 Å². The van der Waals surface area contributed by atoms with E-state index in [4.69, 9.17) is 5.11 Å². The Hall–Kier alpha value is -1.36. The van der Waals surface area contributed by atoms with Gasteiger partial charge in [-0.3, -0.25) is 4.79 Å². The molecule has 1 heterocycles. The van der Waals surface area contributed by atoms with E-state index in [1.807, 2.05) is 0 Å². The zero-order chi connectivity index (χ0) is 13.0. The van der Waals surface area contributed by atoms with Crippen LogP contribution in [-0.2, 0) is 0 Å². The first-order valence-corrected chi connectivity index (χ1v) is 7.10. The maximum absolute atomic E-state index is 11.8. The summed E-state index contributed by atoms with van der Waals surface area (Å²) < 4.78 is 0. The van der Waals surface area contributed by atoms with Crippen molar-refractivity contribution in [3.63, 3.8) is 0 Å². The molecule has 18 heavy (non-hydrogen) atoms. The quantitative estimate of drug-likeness (QED) is 0.881. The van der Waals surface area contributed by atoms with Crippen molar-refractivity contribution < 1.29 is 14.7 Å². The lowest BCUT2D eigenvalue weighted by atomic mass is 9.89. The van der Waals surface area contributed by atoms with Crippen molar-refractivity contribution >= 4 is 23.2 Å². The van der Waals surface area contributed by atoms with E-state index in [0.29, 0.717) is 17.3 Å². The van der Waals surface area contributed by atoms with Gasteiger partial charge in [0.05, 0.1) is 4.88 Å². The van der Waals surface area contributed by atoms with E-state index in [0.717, 1.165) is 11.3 Å². The summed E-state index contributed by atoms with van der Waals surface area (Å²) in [5.74, 6) is -0.550. The smallest absolute Gasteiger partial charge is 0.345 e. The van der Waals surface area contributed by atoms with Gasteiger partial charge in [-0.05, 0) is 30.9 Å². The second kappa shape index (κ2) is 6.00. The lowest BCUT2D eigenvalue weighted by Gasteiger charge is -2.21. The number of hydrogen-bond acceptors (Lipinski definition) is 3. The first kappa shape index (κ1) is 13.1. The van der Waals surface area contributed by atoms with Crippen LogP contribution in [0.1, 0.15) is 51.4 Å². The van der Waals surface area contributed by atoms with Crippen LogP contribution < -0.4 is 5.32 Å². The SMILES string of the molecule is O=C(O)c1ccc(C(=O)NCC2CCCCC2)s1. The first-order chi connectivity index (χ1) is 8.66. The Morgan fingerprint density at radius 1 is 1.22 bits per heavy atom. The molecule has 2 rings (SSSR count). The highest BCUT2D eigenvalue weighted by Crippen LogP contribution is 2.23. The molecular weight excluding hydrogens is 250 g/mol. The van der Waals surface area contributed by atoms with Gasteiger partial charge in [-0.1, -0.05) is 19.3 Å². The molecule has 0 unspecified atom stereocenters. The Kier molecular flexibility index (Phi) is 4.36. The summed E-state index contributed by atoms with van der Waals surface area (Å²) in [7, 11) is 0. The predicted molar refractivity (Wildman–Crippen MR) is 70.2 cm³/mol. The van der Waals surface area contributed by atoms with Gasteiger partial charge in [0, 0.05) is 6.54 Å². The molecule has 5 heteroatoms. The fourth-order valence-electron chi connectivity index (χ4n) is 2.29. The number of nitrogens with one attached hydrogen (secondary N) is 1. The highest BCUT2D eigenvalue weighted by Gasteiger charge is 2.16. The molecule has 1 amide bonds. The number of amides is 1. The van der Waals surface area contributed by atoms with Gasteiger partial charge >= 0.3 is 5.97 Å². The Bertz CT molecular complexity index is 435. The van der Waals surface area contributed by atoms with Crippen LogP contribution in [0.2, 0.25) is 0 Å². The van der Waals surface area contributed by atoms with Crippen LogP contribution in [0, 0.1) is 5.92 Å². The van der Waals surface area contributed by atoms with E-state index >= 15 is 0 Å². The summed E-state index contributed by atoms with van der Waals surface area (Å²) in [6, 6.07) is 3.05. The van der Waals surface area contributed by atoms with Crippen molar-refractivity contribution in [3.05, 3.63) is 21.9 Å². The molecule has 1 fully saturated rings. The average Bonchev–Trinajstić information content (AvgIpc) is 2.87. The molecule has 0 aliphatic heterocycles. The Balaban J connectivity index is 1.84. The van der Waals surface area contributed by atoms with Crippen LogP contribution >= 0.6 is 11.3 Å². The highest BCUT2D eigenvalue weighted by molar-refractivity contribution is 7.15. The molecule has 1 aliphatic rings. The number of carboxylic acids is 1. The third-order valence-corrected chi connectivity index (χ3v) is 4.39. The number of carbonyl (C=O) groups is 2. The number of carboxylic acid groups (broad SMARTS) is 1. The fraction of sp³-hybridized carbons (Fsp3) is 0.538. The molecule has 4 nitrogen and oxygen atoms in total. The van der Waals surface area contributed by atoms with Crippen molar-refractivity contribution in [2.75, 3.05) is 6.54 Å². The molecule has 0 atom stereocenters. The number of thiophene rings is 1. The molecule has 98 valence electrons. The monoisotopic (exact) mass is 267 g/mol. The number of carbonyl (C=O) groups excluding carboxylic acids is 1. The van der Waals surface area contributed by atoms with Gasteiger partial charge in [0.25, 0.3) is 5.91 Å². The van der Waals surface area contributed by atoms with Crippen LogP contribution in [0.15, 0.2) is 12.1 Å². The molecule has 2 N–H and O–H groups in total. The van der Waals surface area contributed by atoms with Crippen LogP contribution in [-0.4, -0.2) is 23.5 Å². The normalized spacial score (nSPS) is 16.4. The van der Waals surface area contributed by atoms with Crippen molar-refractivity contribution in [3.8, 4) is 0 Å². The van der Waals surface area contributed by atoms with Gasteiger partial charge in [-0.15, -0.1) is 11.3 Å².